The van der Waals surface area contributed by atoms with Crippen molar-refractivity contribution in [2.24, 2.45) is 5.92 Å². The Morgan fingerprint density at radius 2 is 1.98 bits per heavy atom. The summed E-state index contributed by atoms with van der Waals surface area (Å²) >= 11 is 1.21. The number of nitrogens with zero attached hydrogens (tertiary/aromatic N) is 3. The molecule has 7 rings (SSSR count). The molecule has 3 aromatic heterocycles. The van der Waals surface area contributed by atoms with Crippen molar-refractivity contribution in [2.45, 2.75) is 96.3 Å². The molecule has 0 radical (unpaired) electrons. The summed E-state index contributed by atoms with van der Waals surface area (Å²) < 4.78 is 27.1. The minimum Gasteiger partial charge on any atom is -0.496 e. The maximum absolute atomic E-state index is 14.4. The van der Waals surface area contributed by atoms with Crippen molar-refractivity contribution >= 4 is 27.5 Å². The lowest BCUT2D eigenvalue weighted by atomic mass is 9.67. The van der Waals surface area contributed by atoms with E-state index in [0.717, 1.165) is 23.0 Å². The van der Waals surface area contributed by atoms with Gasteiger partial charge in [-0.1, -0.05) is 18.2 Å². The van der Waals surface area contributed by atoms with E-state index in [4.69, 9.17) is 18.6 Å². The number of thiophene rings is 1. The maximum atomic E-state index is 14.4. The van der Waals surface area contributed by atoms with E-state index in [-0.39, 0.29) is 29.6 Å². The van der Waals surface area contributed by atoms with E-state index in [1.165, 1.54) is 42.2 Å². The predicted octanol–water partition coefficient (Wildman–Crippen LogP) is 5.51. The van der Waals surface area contributed by atoms with Crippen molar-refractivity contribution in [3.8, 4) is 16.5 Å². The Labute approximate surface area is 264 Å². The lowest BCUT2D eigenvalue weighted by Crippen LogP contribution is -2.60. The van der Waals surface area contributed by atoms with Gasteiger partial charge in [-0.2, -0.15) is 0 Å². The normalized spacial score (nSPS) is 23.4. The Bertz CT molecular complexity index is 1880. The highest BCUT2D eigenvalue weighted by atomic mass is 32.1. The van der Waals surface area contributed by atoms with Crippen LogP contribution in [0.3, 0.4) is 0 Å². The summed E-state index contributed by atoms with van der Waals surface area (Å²) in [5, 5.41) is 10.4. The molecule has 45 heavy (non-hydrogen) atoms. The number of methoxy groups -OCH3 is 1. The lowest BCUT2D eigenvalue weighted by Gasteiger charge is -2.57. The SMILES string of the molecule is COc1ccccc1C(Cn1c(=O)n(C(C)(C)C(=O)O)c(=O)c2c(C)c(-c3ncco3)sc21)OC1CC2(C)CCC1C(C)(C)O2. The van der Waals surface area contributed by atoms with Crippen molar-refractivity contribution in [3.05, 3.63) is 68.7 Å². The number of carboxylic acid groups (broad SMARTS) is 1. The molecular weight excluding hydrogens is 598 g/mol. The fourth-order valence-corrected chi connectivity index (χ4v) is 8.46. The van der Waals surface area contributed by atoms with E-state index in [2.05, 4.69) is 25.8 Å². The number of carbonyl (C=O) groups is 1. The minimum absolute atomic E-state index is 0.00210. The highest BCUT2D eigenvalue weighted by Gasteiger charge is 2.54. The molecule has 1 aliphatic carbocycles. The van der Waals surface area contributed by atoms with Gasteiger partial charge in [0.25, 0.3) is 5.56 Å². The van der Waals surface area contributed by atoms with Crippen LogP contribution in [0.2, 0.25) is 0 Å². The Kier molecular flexibility index (Phi) is 7.61. The summed E-state index contributed by atoms with van der Waals surface area (Å²) in [6.07, 6.45) is 4.65. The first kappa shape index (κ1) is 31.3. The van der Waals surface area contributed by atoms with Crippen LogP contribution >= 0.6 is 11.3 Å². The third kappa shape index (κ3) is 5.12. The van der Waals surface area contributed by atoms with Crippen LogP contribution in [0.5, 0.6) is 5.75 Å². The number of aryl methyl sites for hydroxylation is 1. The third-order valence-corrected chi connectivity index (χ3v) is 10.9. The van der Waals surface area contributed by atoms with Gasteiger partial charge >= 0.3 is 11.7 Å². The van der Waals surface area contributed by atoms with Gasteiger partial charge < -0.3 is 23.7 Å². The number of benzene rings is 1. The van der Waals surface area contributed by atoms with Gasteiger partial charge in [-0.3, -0.25) is 9.36 Å². The van der Waals surface area contributed by atoms with Crippen molar-refractivity contribution in [1.82, 2.24) is 14.1 Å². The van der Waals surface area contributed by atoms with Gasteiger partial charge in [0.2, 0.25) is 5.89 Å². The van der Waals surface area contributed by atoms with E-state index in [9.17, 15) is 19.5 Å². The molecule has 12 heteroatoms. The summed E-state index contributed by atoms with van der Waals surface area (Å²) in [5.41, 5.74) is -2.71. The Balaban J connectivity index is 1.57. The molecule has 11 nitrogen and oxygen atoms in total. The van der Waals surface area contributed by atoms with E-state index < -0.39 is 34.5 Å². The number of carboxylic acids is 1. The molecule has 3 aliphatic rings. The predicted molar refractivity (Wildman–Crippen MR) is 169 cm³/mol. The topological polar surface area (TPSA) is 135 Å². The molecule has 1 aromatic carbocycles. The number of rotatable bonds is 9. The molecule has 1 saturated carbocycles. The molecule has 2 aliphatic heterocycles. The molecule has 3 fully saturated rings. The van der Waals surface area contributed by atoms with E-state index >= 15 is 0 Å². The van der Waals surface area contributed by atoms with Crippen LogP contribution in [-0.4, -0.2) is 49.6 Å². The second kappa shape index (κ2) is 11.0. The number of hydrogen-bond acceptors (Lipinski definition) is 9. The number of aliphatic carboxylic acids is 1. The largest absolute Gasteiger partial charge is 0.496 e. The van der Waals surface area contributed by atoms with Crippen LogP contribution < -0.4 is 16.0 Å². The van der Waals surface area contributed by atoms with Crippen LogP contribution in [0.15, 0.2) is 50.7 Å². The van der Waals surface area contributed by atoms with Gasteiger partial charge in [-0.25, -0.2) is 19.1 Å². The van der Waals surface area contributed by atoms with Crippen molar-refractivity contribution in [2.75, 3.05) is 7.11 Å². The van der Waals surface area contributed by atoms with Crippen molar-refractivity contribution < 1.29 is 28.5 Å². The van der Waals surface area contributed by atoms with Crippen LogP contribution in [0, 0.1) is 12.8 Å². The molecule has 4 unspecified atom stereocenters. The number of oxazole rings is 1. The van der Waals surface area contributed by atoms with Crippen molar-refractivity contribution in [1.29, 1.82) is 0 Å². The van der Waals surface area contributed by atoms with Crippen LogP contribution in [0.25, 0.3) is 21.0 Å². The molecule has 5 heterocycles. The van der Waals surface area contributed by atoms with Gasteiger partial charge in [0, 0.05) is 17.9 Å². The highest BCUT2D eigenvalue weighted by Crippen LogP contribution is 2.52. The van der Waals surface area contributed by atoms with Gasteiger partial charge in [0.15, 0.2) is 0 Å². The molecule has 4 atom stereocenters. The standard InChI is InChI=1S/C33H39N3O8S/c1-18-24-27(37)36(31(2,3)29(38)39)30(40)35(28(24)45-25(18)26-34-14-15-42-26)17-23(19-10-8-9-11-21(19)41-7)43-22-16-33(6)13-12-20(22)32(4,5)44-33/h8-11,14-15,20,22-23H,12-13,16-17H2,1-7H3,(H,38,39). The third-order valence-electron chi connectivity index (χ3n) is 9.56. The second-order valence-electron chi connectivity index (χ2n) is 13.4. The zero-order valence-electron chi connectivity index (χ0n) is 26.6. The summed E-state index contributed by atoms with van der Waals surface area (Å²) in [6.45, 7) is 10.8. The Hall–Kier alpha value is -3.74. The fraction of sp³-hybridized carbons (Fsp3) is 0.515. The first-order chi connectivity index (χ1) is 21.2. The fourth-order valence-electron chi connectivity index (χ4n) is 7.22. The average molecular weight is 638 g/mol. The summed E-state index contributed by atoms with van der Waals surface area (Å²) in [7, 11) is 1.58. The van der Waals surface area contributed by atoms with E-state index in [1.807, 2.05) is 24.3 Å². The average Bonchev–Trinajstić information content (AvgIpc) is 3.61. The monoisotopic (exact) mass is 637 g/mol. The number of aromatic nitrogens is 3. The lowest BCUT2D eigenvalue weighted by molar-refractivity contribution is -0.278. The Morgan fingerprint density at radius 1 is 1.24 bits per heavy atom. The summed E-state index contributed by atoms with van der Waals surface area (Å²) in [5.74, 6) is -0.285. The van der Waals surface area contributed by atoms with E-state index in [1.54, 1.807) is 14.0 Å². The molecular formula is C33H39N3O8S. The number of fused-ring (bicyclic) bond motifs is 4. The number of para-hydroxylation sites is 1. The highest BCUT2D eigenvalue weighted by molar-refractivity contribution is 7.22. The quantitative estimate of drug-likeness (QED) is 0.252. The number of ether oxygens (including phenoxy) is 3. The van der Waals surface area contributed by atoms with Crippen LogP contribution in [0.4, 0.5) is 0 Å². The van der Waals surface area contributed by atoms with Crippen molar-refractivity contribution in [3.63, 3.8) is 0 Å². The maximum Gasteiger partial charge on any atom is 0.333 e. The molecule has 240 valence electrons. The van der Waals surface area contributed by atoms with Gasteiger partial charge in [-0.15, -0.1) is 11.3 Å². The van der Waals surface area contributed by atoms with Crippen LogP contribution in [0.1, 0.15) is 71.1 Å². The Morgan fingerprint density at radius 3 is 2.60 bits per heavy atom. The molecule has 1 N–H and O–H groups in total. The van der Waals surface area contributed by atoms with E-state index in [0.29, 0.717) is 33.3 Å². The molecule has 0 amide bonds. The number of hydrogen-bond donors (Lipinski definition) is 1. The first-order valence-corrected chi connectivity index (χ1v) is 15.9. The zero-order valence-corrected chi connectivity index (χ0v) is 27.4. The molecule has 2 bridgehead atoms. The smallest absolute Gasteiger partial charge is 0.333 e. The molecule has 0 spiro atoms. The van der Waals surface area contributed by atoms with Gasteiger partial charge in [0.1, 0.15) is 28.5 Å². The second-order valence-corrected chi connectivity index (χ2v) is 14.4. The molecule has 4 aromatic rings. The zero-order chi connectivity index (χ0) is 32.5. The van der Waals surface area contributed by atoms with Gasteiger partial charge in [0.05, 0.1) is 47.4 Å². The minimum atomic E-state index is -1.83. The molecule has 2 saturated heterocycles. The summed E-state index contributed by atoms with van der Waals surface area (Å²) in [4.78, 5) is 46.0. The van der Waals surface area contributed by atoms with Crippen LogP contribution in [-0.2, 0) is 26.4 Å². The summed E-state index contributed by atoms with van der Waals surface area (Å²) in [6, 6.07) is 7.50. The first-order valence-electron chi connectivity index (χ1n) is 15.1. The van der Waals surface area contributed by atoms with Gasteiger partial charge in [-0.05, 0) is 66.0 Å².